The first-order valence-electron chi connectivity index (χ1n) is 12.9. The SMILES string of the molecule is C#CCOCCOC(=O)NC(Cc1ccc(NC(=N)N)cc1)P(=O)(Oc1ccccc1)Oc1ccccc1.O=C(O)C(F)(F)F. The summed E-state index contributed by atoms with van der Waals surface area (Å²) in [4.78, 5) is 21.6. The number of carboxylic acids is 1. The molecule has 0 radical (unpaired) electrons. The topological polar surface area (TPSA) is 182 Å². The van der Waals surface area contributed by atoms with Crippen LogP contribution in [0.5, 0.6) is 11.5 Å². The van der Waals surface area contributed by atoms with E-state index >= 15 is 0 Å². The molecule has 12 nitrogen and oxygen atoms in total. The van der Waals surface area contributed by atoms with E-state index in [1.54, 1.807) is 84.9 Å². The molecule has 0 aliphatic rings. The maximum absolute atomic E-state index is 14.4. The average Bonchev–Trinajstić information content (AvgIpc) is 2.98. The summed E-state index contributed by atoms with van der Waals surface area (Å²) in [7, 11) is -4.12. The van der Waals surface area contributed by atoms with E-state index in [4.69, 9.17) is 46.0 Å². The van der Waals surface area contributed by atoms with Crippen LogP contribution < -0.4 is 25.4 Å². The number of anilines is 1. The minimum atomic E-state index is -5.08. The number of hydrogen-bond acceptors (Lipinski definition) is 8. The van der Waals surface area contributed by atoms with E-state index < -0.39 is 31.6 Å². The third-order valence-electron chi connectivity index (χ3n) is 5.17. The number of nitrogens with one attached hydrogen (secondary N) is 3. The van der Waals surface area contributed by atoms with Gasteiger partial charge in [-0.1, -0.05) is 54.5 Å². The Morgan fingerprint density at radius 3 is 1.91 bits per heavy atom. The number of carbonyl (C=O) groups excluding carboxylic acids is 1. The first-order valence-corrected chi connectivity index (χ1v) is 14.5. The third-order valence-corrected chi connectivity index (χ3v) is 7.17. The second kappa shape index (κ2) is 17.8. The Kier molecular flexibility index (Phi) is 14.3. The van der Waals surface area contributed by atoms with Crippen LogP contribution in [0.4, 0.5) is 23.7 Å². The summed E-state index contributed by atoms with van der Waals surface area (Å²) in [6.07, 6.45) is -0.702. The van der Waals surface area contributed by atoms with Gasteiger partial charge in [0, 0.05) is 12.1 Å². The van der Waals surface area contributed by atoms with Gasteiger partial charge in [-0.25, -0.2) is 14.2 Å². The molecule has 0 saturated carbocycles. The van der Waals surface area contributed by atoms with E-state index in [1.165, 1.54) is 0 Å². The number of guanidine groups is 1. The molecular formula is C29H30F3N4O8P. The first-order chi connectivity index (χ1) is 21.3. The maximum atomic E-state index is 14.4. The number of para-hydroxylation sites is 2. The molecule has 1 unspecified atom stereocenters. The summed E-state index contributed by atoms with van der Waals surface area (Å²) in [5.41, 5.74) is 6.69. The van der Waals surface area contributed by atoms with Gasteiger partial charge >= 0.3 is 25.8 Å². The van der Waals surface area contributed by atoms with E-state index in [0.29, 0.717) is 22.7 Å². The van der Waals surface area contributed by atoms with Crippen LogP contribution >= 0.6 is 7.60 Å². The molecule has 0 saturated heterocycles. The molecule has 6 N–H and O–H groups in total. The van der Waals surface area contributed by atoms with Crippen LogP contribution in [0.3, 0.4) is 0 Å². The standard InChI is InChI=1S/C27H29N4O6P.C2HF3O2/c1-2-17-34-18-19-35-27(32)31-25(20-21-13-15-22(16-14-21)30-26(28)29)38(33,36-23-9-5-3-6-10-23)37-24-11-7-4-8-12-24;3-2(4,5)1(6)7/h1,3-16,25H,17-20H2,(H,31,32)(H4,28,29,30);(H,6,7). The van der Waals surface area contributed by atoms with Gasteiger partial charge in [0.1, 0.15) is 24.7 Å². The van der Waals surface area contributed by atoms with Crippen molar-refractivity contribution in [1.29, 1.82) is 5.41 Å². The molecule has 45 heavy (non-hydrogen) atoms. The number of amides is 1. The second-order valence-electron chi connectivity index (χ2n) is 8.64. The fourth-order valence-electron chi connectivity index (χ4n) is 3.25. The smallest absolute Gasteiger partial charge is 0.475 e. The quantitative estimate of drug-likeness (QED) is 0.0541. The van der Waals surface area contributed by atoms with Crippen molar-refractivity contribution in [2.24, 2.45) is 5.73 Å². The largest absolute Gasteiger partial charge is 0.490 e. The normalized spacial score (nSPS) is 11.4. The molecule has 0 aromatic heterocycles. The fraction of sp³-hybridized carbons (Fsp3) is 0.207. The monoisotopic (exact) mass is 650 g/mol. The zero-order valence-electron chi connectivity index (χ0n) is 23.5. The highest BCUT2D eigenvalue weighted by atomic mass is 31.2. The molecule has 240 valence electrons. The van der Waals surface area contributed by atoms with Gasteiger partial charge in [0.05, 0.1) is 6.61 Å². The Labute approximate surface area is 256 Å². The van der Waals surface area contributed by atoms with Crippen molar-refractivity contribution in [3.63, 3.8) is 0 Å². The van der Waals surface area contributed by atoms with Gasteiger partial charge in [-0.15, -0.1) is 6.42 Å². The molecule has 3 aromatic rings. The number of terminal acetylenes is 1. The molecule has 0 bridgehead atoms. The number of hydrogen-bond donors (Lipinski definition) is 5. The van der Waals surface area contributed by atoms with E-state index in [1.807, 2.05) is 0 Å². The van der Waals surface area contributed by atoms with Gasteiger partial charge in [0.15, 0.2) is 11.7 Å². The summed E-state index contributed by atoms with van der Waals surface area (Å²) >= 11 is 0. The molecule has 1 amide bonds. The number of nitrogens with two attached hydrogens (primary N) is 1. The van der Waals surface area contributed by atoms with Crippen LogP contribution in [0.15, 0.2) is 84.9 Å². The molecule has 0 aliphatic carbocycles. The lowest BCUT2D eigenvalue weighted by Gasteiger charge is -2.28. The maximum Gasteiger partial charge on any atom is 0.490 e. The van der Waals surface area contributed by atoms with Crippen molar-refractivity contribution < 1.29 is 51.0 Å². The van der Waals surface area contributed by atoms with Crippen LogP contribution in [0.1, 0.15) is 5.56 Å². The fourth-order valence-corrected chi connectivity index (χ4v) is 5.07. The predicted octanol–water partition coefficient (Wildman–Crippen LogP) is 5.22. The highest BCUT2D eigenvalue weighted by Crippen LogP contribution is 2.53. The van der Waals surface area contributed by atoms with Crippen molar-refractivity contribution in [3.05, 3.63) is 90.5 Å². The van der Waals surface area contributed by atoms with Crippen LogP contribution in [-0.2, 0) is 25.3 Å². The number of rotatable bonds is 13. The second-order valence-corrected chi connectivity index (χ2v) is 10.7. The van der Waals surface area contributed by atoms with Crippen molar-refractivity contribution >= 4 is 31.3 Å². The Morgan fingerprint density at radius 1 is 0.956 bits per heavy atom. The molecule has 3 aromatic carbocycles. The van der Waals surface area contributed by atoms with Gasteiger partial charge in [0.25, 0.3) is 0 Å². The number of carbonyl (C=O) groups is 2. The summed E-state index contributed by atoms with van der Waals surface area (Å²) in [6, 6.07) is 24.0. The summed E-state index contributed by atoms with van der Waals surface area (Å²) in [6.45, 7) is 0.133. The molecule has 3 rings (SSSR count). The van der Waals surface area contributed by atoms with Crippen molar-refractivity contribution in [2.45, 2.75) is 18.4 Å². The van der Waals surface area contributed by atoms with E-state index in [-0.39, 0.29) is 32.2 Å². The van der Waals surface area contributed by atoms with E-state index in [9.17, 15) is 22.5 Å². The number of carboxylic acid groups (broad SMARTS) is 1. The summed E-state index contributed by atoms with van der Waals surface area (Å²) in [5, 5.41) is 19.8. The summed E-state index contributed by atoms with van der Waals surface area (Å²) in [5.74, 6) is -1.18. The summed E-state index contributed by atoms with van der Waals surface area (Å²) < 4.78 is 68.3. The Hall–Kier alpha value is -5.19. The Morgan fingerprint density at radius 2 is 1.47 bits per heavy atom. The van der Waals surface area contributed by atoms with Gasteiger partial charge in [0.2, 0.25) is 0 Å². The predicted molar refractivity (Wildman–Crippen MR) is 159 cm³/mol. The van der Waals surface area contributed by atoms with Gasteiger partial charge in [-0.05, 0) is 42.0 Å². The molecule has 0 heterocycles. The van der Waals surface area contributed by atoms with Gasteiger partial charge < -0.3 is 40.0 Å². The lowest BCUT2D eigenvalue weighted by Crippen LogP contribution is -2.39. The molecule has 1 atom stereocenters. The van der Waals surface area contributed by atoms with Crippen LogP contribution in [0.25, 0.3) is 0 Å². The highest BCUT2D eigenvalue weighted by molar-refractivity contribution is 7.55. The number of halogens is 3. The minimum absolute atomic E-state index is 0.0605. The highest BCUT2D eigenvalue weighted by Gasteiger charge is 2.41. The Bertz CT molecular complexity index is 1430. The third kappa shape index (κ3) is 13.8. The lowest BCUT2D eigenvalue weighted by atomic mass is 10.1. The van der Waals surface area contributed by atoms with Crippen LogP contribution in [0.2, 0.25) is 0 Å². The number of aliphatic carboxylic acids is 1. The molecular weight excluding hydrogens is 620 g/mol. The van der Waals surface area contributed by atoms with E-state index in [0.717, 1.165) is 0 Å². The first kappa shape index (κ1) is 36.0. The van der Waals surface area contributed by atoms with Crippen molar-refractivity contribution in [3.8, 4) is 23.8 Å². The minimum Gasteiger partial charge on any atom is -0.475 e. The van der Waals surface area contributed by atoms with Crippen LogP contribution in [-0.4, -0.2) is 54.9 Å². The van der Waals surface area contributed by atoms with Crippen molar-refractivity contribution in [1.82, 2.24) is 5.32 Å². The van der Waals surface area contributed by atoms with E-state index in [2.05, 4.69) is 16.6 Å². The van der Waals surface area contributed by atoms with Gasteiger partial charge in [-0.2, -0.15) is 13.2 Å². The van der Waals surface area contributed by atoms with Gasteiger partial charge in [-0.3, -0.25) is 5.41 Å². The molecule has 16 heteroatoms. The zero-order valence-corrected chi connectivity index (χ0v) is 24.4. The Balaban J connectivity index is 0.000000900. The molecule has 0 spiro atoms. The number of benzene rings is 3. The zero-order chi connectivity index (χ0) is 33.3. The number of alkyl halides is 3. The molecule has 0 fully saturated rings. The number of alkyl carbamates (subject to hydrolysis) is 1. The number of ether oxygens (including phenoxy) is 2. The van der Waals surface area contributed by atoms with Crippen LogP contribution in [0, 0.1) is 17.8 Å². The molecule has 0 aliphatic heterocycles. The lowest BCUT2D eigenvalue weighted by molar-refractivity contribution is -0.192. The van der Waals surface area contributed by atoms with Crippen molar-refractivity contribution in [2.75, 3.05) is 25.1 Å². The average molecular weight is 651 g/mol.